The molecule has 1 fully saturated rings. The Morgan fingerprint density at radius 1 is 1.04 bits per heavy atom. The van der Waals surface area contributed by atoms with Gasteiger partial charge in [-0.15, -0.1) is 0 Å². The number of hydrogen-bond donors (Lipinski definition) is 0. The quantitative estimate of drug-likeness (QED) is 0.738. The van der Waals surface area contributed by atoms with Gasteiger partial charge in [-0.1, -0.05) is 0 Å². The van der Waals surface area contributed by atoms with Gasteiger partial charge in [0.05, 0.1) is 18.2 Å². The van der Waals surface area contributed by atoms with Crippen molar-refractivity contribution in [3.05, 3.63) is 35.5 Å². The Morgan fingerprint density at radius 3 is 2.32 bits per heavy atom. The van der Waals surface area contributed by atoms with E-state index >= 15 is 0 Å². The minimum Gasteiger partial charge on any atom is -0.465 e. The van der Waals surface area contributed by atoms with Crippen LogP contribution in [0, 0.1) is 6.92 Å². The number of ether oxygens (including phenoxy) is 2. The lowest BCUT2D eigenvalue weighted by Gasteiger charge is -2.37. The number of carbonyl (C=O) groups is 2. The highest BCUT2D eigenvalue weighted by molar-refractivity contribution is 6.06. The molecule has 1 aliphatic heterocycles. The molecule has 2 heterocycles. The highest BCUT2D eigenvalue weighted by Crippen LogP contribution is 2.30. The molecule has 0 bridgehead atoms. The van der Waals surface area contributed by atoms with Gasteiger partial charge in [0, 0.05) is 42.9 Å². The SMILES string of the molecule is COC(=O)c1ccc(N2CCN(C(=O)OC(C)(C)C)CC2)c2ccc(C)nc12. The van der Waals surface area contributed by atoms with E-state index in [1.54, 1.807) is 11.0 Å². The van der Waals surface area contributed by atoms with E-state index in [0.717, 1.165) is 16.8 Å². The van der Waals surface area contributed by atoms with Crippen molar-refractivity contribution in [3.8, 4) is 0 Å². The van der Waals surface area contributed by atoms with Gasteiger partial charge in [0.25, 0.3) is 0 Å². The number of fused-ring (bicyclic) bond motifs is 1. The van der Waals surface area contributed by atoms with Crippen LogP contribution in [0.2, 0.25) is 0 Å². The lowest BCUT2D eigenvalue weighted by Crippen LogP contribution is -2.50. The molecule has 1 saturated heterocycles. The van der Waals surface area contributed by atoms with E-state index in [4.69, 9.17) is 9.47 Å². The predicted octanol–water partition coefficient (Wildman–Crippen LogP) is 3.39. The number of rotatable bonds is 2. The van der Waals surface area contributed by atoms with E-state index in [9.17, 15) is 9.59 Å². The van der Waals surface area contributed by atoms with Crippen LogP contribution in [0.5, 0.6) is 0 Å². The molecular weight excluding hydrogens is 358 g/mol. The Balaban J connectivity index is 1.84. The number of amides is 1. The van der Waals surface area contributed by atoms with Crippen LogP contribution in [0.3, 0.4) is 0 Å². The molecule has 0 spiro atoms. The summed E-state index contributed by atoms with van der Waals surface area (Å²) in [6, 6.07) is 7.61. The van der Waals surface area contributed by atoms with Gasteiger partial charge in [-0.25, -0.2) is 9.59 Å². The molecule has 0 radical (unpaired) electrons. The molecule has 1 aliphatic rings. The van der Waals surface area contributed by atoms with Crippen molar-refractivity contribution in [3.63, 3.8) is 0 Å². The molecular formula is C21H27N3O4. The third kappa shape index (κ3) is 4.18. The van der Waals surface area contributed by atoms with Crippen LogP contribution in [-0.4, -0.2) is 60.8 Å². The summed E-state index contributed by atoms with van der Waals surface area (Å²) in [5.74, 6) is -0.399. The van der Waals surface area contributed by atoms with Crippen molar-refractivity contribution >= 4 is 28.7 Å². The van der Waals surface area contributed by atoms with Gasteiger partial charge in [0.15, 0.2) is 0 Å². The number of esters is 1. The van der Waals surface area contributed by atoms with Gasteiger partial charge < -0.3 is 19.3 Å². The molecule has 7 nitrogen and oxygen atoms in total. The van der Waals surface area contributed by atoms with Gasteiger partial charge in [-0.2, -0.15) is 0 Å². The number of pyridine rings is 1. The summed E-state index contributed by atoms with van der Waals surface area (Å²) in [7, 11) is 1.37. The van der Waals surface area contributed by atoms with Crippen LogP contribution >= 0.6 is 0 Å². The van der Waals surface area contributed by atoms with Crippen molar-refractivity contribution < 1.29 is 19.1 Å². The normalized spacial score (nSPS) is 14.9. The van der Waals surface area contributed by atoms with E-state index in [0.29, 0.717) is 37.3 Å². The van der Waals surface area contributed by atoms with Gasteiger partial charge in [-0.05, 0) is 52.0 Å². The number of aromatic nitrogens is 1. The molecule has 7 heteroatoms. The van der Waals surface area contributed by atoms with Crippen molar-refractivity contribution in [2.24, 2.45) is 0 Å². The Labute approximate surface area is 165 Å². The highest BCUT2D eigenvalue weighted by atomic mass is 16.6. The zero-order valence-electron chi connectivity index (χ0n) is 17.1. The highest BCUT2D eigenvalue weighted by Gasteiger charge is 2.27. The fourth-order valence-corrected chi connectivity index (χ4v) is 3.31. The van der Waals surface area contributed by atoms with E-state index in [1.165, 1.54) is 7.11 Å². The van der Waals surface area contributed by atoms with Crippen LogP contribution in [0.4, 0.5) is 10.5 Å². The van der Waals surface area contributed by atoms with Crippen LogP contribution in [-0.2, 0) is 9.47 Å². The summed E-state index contributed by atoms with van der Waals surface area (Å²) in [5.41, 5.74) is 2.43. The standard InChI is InChI=1S/C21H27N3O4/c1-14-6-7-15-17(9-8-16(18(15)22-14)19(25)27-5)23-10-12-24(13-11-23)20(26)28-21(2,3)4/h6-9H,10-13H2,1-5H3. The summed E-state index contributed by atoms with van der Waals surface area (Å²) >= 11 is 0. The Kier molecular flexibility index (Phi) is 5.45. The molecule has 1 aromatic heterocycles. The fraction of sp³-hybridized carbons (Fsp3) is 0.476. The average molecular weight is 385 g/mol. The molecule has 0 unspecified atom stereocenters. The second-order valence-electron chi connectivity index (χ2n) is 7.93. The second-order valence-corrected chi connectivity index (χ2v) is 7.93. The predicted molar refractivity (Wildman–Crippen MR) is 108 cm³/mol. The zero-order valence-corrected chi connectivity index (χ0v) is 17.1. The van der Waals surface area contributed by atoms with Gasteiger partial charge in [0.1, 0.15) is 5.60 Å². The first-order chi connectivity index (χ1) is 13.2. The van der Waals surface area contributed by atoms with Crippen LogP contribution in [0.25, 0.3) is 10.9 Å². The Morgan fingerprint density at radius 2 is 1.71 bits per heavy atom. The first kappa shape index (κ1) is 19.9. The molecule has 28 heavy (non-hydrogen) atoms. The topological polar surface area (TPSA) is 72.0 Å². The summed E-state index contributed by atoms with van der Waals surface area (Å²) in [6.07, 6.45) is -0.282. The largest absolute Gasteiger partial charge is 0.465 e. The number of benzene rings is 1. The van der Waals surface area contributed by atoms with Crippen LogP contribution in [0.15, 0.2) is 24.3 Å². The lowest BCUT2D eigenvalue weighted by molar-refractivity contribution is 0.0240. The third-order valence-corrected chi connectivity index (χ3v) is 4.65. The minimum absolute atomic E-state index is 0.282. The first-order valence-corrected chi connectivity index (χ1v) is 9.41. The average Bonchev–Trinajstić information content (AvgIpc) is 2.65. The van der Waals surface area contributed by atoms with Crippen LogP contribution < -0.4 is 4.90 Å². The summed E-state index contributed by atoms with van der Waals surface area (Å²) < 4.78 is 10.4. The van der Waals surface area contributed by atoms with Crippen molar-refractivity contribution in [1.82, 2.24) is 9.88 Å². The molecule has 0 saturated carbocycles. The lowest BCUT2D eigenvalue weighted by atomic mass is 10.1. The van der Waals surface area contributed by atoms with E-state index in [2.05, 4.69) is 9.88 Å². The third-order valence-electron chi connectivity index (χ3n) is 4.65. The Hall–Kier alpha value is -2.83. The van der Waals surface area contributed by atoms with Gasteiger partial charge in [-0.3, -0.25) is 4.98 Å². The van der Waals surface area contributed by atoms with Crippen molar-refractivity contribution in [2.75, 3.05) is 38.2 Å². The second kappa shape index (κ2) is 7.66. The molecule has 0 atom stereocenters. The van der Waals surface area contributed by atoms with Gasteiger partial charge in [0.2, 0.25) is 0 Å². The molecule has 150 valence electrons. The van der Waals surface area contributed by atoms with E-state index in [1.807, 2.05) is 45.9 Å². The fourth-order valence-electron chi connectivity index (χ4n) is 3.31. The van der Waals surface area contributed by atoms with Crippen molar-refractivity contribution in [1.29, 1.82) is 0 Å². The number of nitrogens with zero attached hydrogens (tertiary/aromatic N) is 3. The maximum absolute atomic E-state index is 12.3. The minimum atomic E-state index is -0.502. The number of carbonyl (C=O) groups excluding carboxylic acids is 2. The smallest absolute Gasteiger partial charge is 0.410 e. The first-order valence-electron chi connectivity index (χ1n) is 9.41. The van der Waals surface area contributed by atoms with Gasteiger partial charge >= 0.3 is 12.1 Å². The summed E-state index contributed by atoms with van der Waals surface area (Å²) in [6.45, 7) is 10.0. The number of aryl methyl sites for hydroxylation is 1. The zero-order chi connectivity index (χ0) is 20.5. The monoisotopic (exact) mass is 385 g/mol. The summed E-state index contributed by atoms with van der Waals surface area (Å²) in [5, 5.41) is 0.902. The molecule has 1 aromatic carbocycles. The molecule has 1 amide bonds. The summed E-state index contributed by atoms with van der Waals surface area (Å²) in [4.78, 5) is 32.9. The molecule has 3 rings (SSSR count). The molecule has 2 aromatic rings. The number of anilines is 1. The molecule has 0 aliphatic carbocycles. The number of piperazine rings is 1. The van der Waals surface area contributed by atoms with Crippen molar-refractivity contribution in [2.45, 2.75) is 33.3 Å². The maximum atomic E-state index is 12.3. The van der Waals surface area contributed by atoms with E-state index in [-0.39, 0.29) is 6.09 Å². The van der Waals surface area contributed by atoms with Crippen LogP contribution in [0.1, 0.15) is 36.8 Å². The number of methoxy groups -OCH3 is 1. The number of hydrogen-bond acceptors (Lipinski definition) is 6. The molecule has 0 N–H and O–H groups in total. The van der Waals surface area contributed by atoms with E-state index < -0.39 is 11.6 Å². The maximum Gasteiger partial charge on any atom is 0.410 e. The Bertz CT molecular complexity index is 896.